The number of nitrogens with zero attached hydrogens (tertiary/aromatic N) is 3. The molecule has 0 spiro atoms. The van der Waals surface area contributed by atoms with Crippen molar-refractivity contribution in [2.45, 2.75) is 32.0 Å². The molecule has 1 fully saturated rings. The number of fused-ring (bicyclic) bond motifs is 1. The number of anilines is 1. The van der Waals surface area contributed by atoms with Gasteiger partial charge in [0.2, 0.25) is 5.91 Å². The zero-order chi connectivity index (χ0) is 17.8. The summed E-state index contributed by atoms with van der Waals surface area (Å²) in [7, 11) is 0. The molecule has 5 heteroatoms. The molecule has 0 saturated carbocycles. The van der Waals surface area contributed by atoms with Gasteiger partial charge in [0.25, 0.3) is 0 Å². The van der Waals surface area contributed by atoms with Gasteiger partial charge >= 0.3 is 0 Å². The third-order valence-electron chi connectivity index (χ3n) is 5.23. The van der Waals surface area contributed by atoms with Crippen LogP contribution in [-0.4, -0.2) is 48.1 Å². The first-order valence-electron chi connectivity index (χ1n) is 9.42. The van der Waals surface area contributed by atoms with E-state index in [1.807, 2.05) is 29.2 Å². The molecule has 0 radical (unpaired) electrons. The van der Waals surface area contributed by atoms with Crippen molar-refractivity contribution >= 4 is 11.6 Å². The molecule has 4 rings (SSSR count). The lowest BCUT2D eigenvalue weighted by molar-refractivity contribution is -0.134. The van der Waals surface area contributed by atoms with E-state index >= 15 is 0 Å². The monoisotopic (exact) mass is 351 g/mol. The van der Waals surface area contributed by atoms with Gasteiger partial charge in [0.05, 0.1) is 24.9 Å². The third kappa shape index (κ3) is 3.88. The van der Waals surface area contributed by atoms with Gasteiger partial charge in [0.1, 0.15) is 0 Å². The lowest BCUT2D eigenvalue weighted by Crippen LogP contribution is -2.47. The van der Waals surface area contributed by atoms with Crippen LogP contribution in [0.5, 0.6) is 0 Å². The molecule has 0 N–H and O–H groups in total. The molecule has 2 aromatic rings. The first-order chi connectivity index (χ1) is 12.8. The van der Waals surface area contributed by atoms with Crippen molar-refractivity contribution in [3.05, 3.63) is 59.9 Å². The summed E-state index contributed by atoms with van der Waals surface area (Å²) < 4.78 is 6.01. The van der Waals surface area contributed by atoms with Gasteiger partial charge in [0, 0.05) is 31.5 Å². The van der Waals surface area contributed by atoms with Crippen LogP contribution in [0.1, 0.15) is 24.1 Å². The van der Waals surface area contributed by atoms with Gasteiger partial charge in [-0.25, -0.2) is 0 Å². The maximum Gasteiger partial charge on any atom is 0.242 e. The van der Waals surface area contributed by atoms with Gasteiger partial charge in [-0.2, -0.15) is 0 Å². The smallest absolute Gasteiger partial charge is 0.242 e. The number of hydrogen-bond donors (Lipinski definition) is 0. The molecule has 1 amide bonds. The molecule has 1 atom stereocenters. The number of benzene rings is 1. The van der Waals surface area contributed by atoms with Crippen LogP contribution in [0.25, 0.3) is 0 Å². The largest absolute Gasteiger partial charge is 0.370 e. The maximum absolute atomic E-state index is 12.8. The molecule has 0 unspecified atom stereocenters. The molecule has 0 bridgehead atoms. The van der Waals surface area contributed by atoms with Crippen molar-refractivity contribution in [3.63, 3.8) is 0 Å². The van der Waals surface area contributed by atoms with Crippen LogP contribution in [0.4, 0.5) is 5.69 Å². The zero-order valence-corrected chi connectivity index (χ0v) is 15.0. The zero-order valence-electron chi connectivity index (χ0n) is 15.0. The van der Waals surface area contributed by atoms with Crippen LogP contribution in [0, 0.1) is 0 Å². The number of hydrogen-bond acceptors (Lipinski definition) is 4. The Labute approximate surface area is 154 Å². The summed E-state index contributed by atoms with van der Waals surface area (Å²) in [4.78, 5) is 21.3. The number of piperidine rings is 1. The molecule has 2 aliphatic heterocycles. The van der Waals surface area contributed by atoms with Crippen LogP contribution >= 0.6 is 0 Å². The Kier molecular flexibility index (Phi) is 5.16. The number of amides is 1. The highest BCUT2D eigenvalue weighted by Crippen LogP contribution is 2.27. The third-order valence-corrected chi connectivity index (χ3v) is 5.23. The van der Waals surface area contributed by atoms with Gasteiger partial charge in [0.15, 0.2) is 0 Å². The lowest BCUT2D eigenvalue weighted by atomic mass is 10.1. The summed E-state index contributed by atoms with van der Waals surface area (Å²) in [6.45, 7) is 3.41. The number of pyridine rings is 1. The second kappa shape index (κ2) is 7.87. The molecule has 26 heavy (non-hydrogen) atoms. The molecular formula is C21H25N3O2. The Balaban J connectivity index is 1.31. The Morgan fingerprint density at radius 2 is 2.04 bits per heavy atom. The summed E-state index contributed by atoms with van der Waals surface area (Å²) in [6.07, 6.45) is 4.90. The number of carbonyl (C=O) groups excluding carboxylic acids is 1. The molecule has 1 aromatic carbocycles. The van der Waals surface area contributed by atoms with E-state index in [0.29, 0.717) is 19.7 Å². The van der Waals surface area contributed by atoms with Gasteiger partial charge in [-0.3, -0.25) is 9.78 Å². The van der Waals surface area contributed by atoms with E-state index in [9.17, 15) is 4.79 Å². The van der Waals surface area contributed by atoms with E-state index in [1.54, 1.807) is 6.20 Å². The van der Waals surface area contributed by atoms with Crippen LogP contribution in [0.15, 0.2) is 48.7 Å². The standard InChI is InChI=1S/C21H25N3O2/c25-21(15-23-13-10-17-6-1-2-9-20(17)23)24-12-5-8-19(14-24)26-16-18-7-3-4-11-22-18/h1-4,6-7,9,11,19H,5,8,10,12-16H2/t19-/m0/s1. The van der Waals surface area contributed by atoms with Gasteiger partial charge < -0.3 is 14.5 Å². The number of ether oxygens (including phenoxy) is 1. The Hall–Kier alpha value is -2.40. The summed E-state index contributed by atoms with van der Waals surface area (Å²) in [5.74, 6) is 0.202. The number of likely N-dealkylation sites (tertiary alicyclic amines) is 1. The number of carbonyl (C=O) groups is 1. The van der Waals surface area contributed by atoms with Crippen LogP contribution in [0.2, 0.25) is 0 Å². The first-order valence-corrected chi connectivity index (χ1v) is 9.42. The summed E-state index contributed by atoms with van der Waals surface area (Å²) in [5, 5.41) is 0. The van der Waals surface area contributed by atoms with E-state index in [4.69, 9.17) is 4.74 Å². The molecule has 5 nitrogen and oxygen atoms in total. The van der Waals surface area contributed by atoms with Crippen LogP contribution in [0.3, 0.4) is 0 Å². The summed E-state index contributed by atoms with van der Waals surface area (Å²) in [5.41, 5.74) is 3.49. The molecule has 1 saturated heterocycles. The van der Waals surface area contributed by atoms with Crippen LogP contribution in [-0.2, 0) is 22.6 Å². The Bertz CT molecular complexity index is 750. The predicted molar refractivity (Wildman–Crippen MR) is 101 cm³/mol. The normalized spacial score (nSPS) is 19.5. The van der Waals surface area contributed by atoms with E-state index in [0.717, 1.165) is 38.0 Å². The highest BCUT2D eigenvalue weighted by Gasteiger charge is 2.27. The van der Waals surface area contributed by atoms with Gasteiger partial charge in [-0.1, -0.05) is 24.3 Å². The number of rotatable bonds is 5. The average molecular weight is 351 g/mol. The van der Waals surface area contributed by atoms with Gasteiger partial charge in [-0.05, 0) is 43.0 Å². The molecule has 2 aliphatic rings. The topological polar surface area (TPSA) is 45.7 Å². The van der Waals surface area contributed by atoms with Crippen LogP contribution < -0.4 is 4.90 Å². The minimum Gasteiger partial charge on any atom is -0.370 e. The number of para-hydroxylation sites is 1. The van der Waals surface area contributed by atoms with Crippen molar-refractivity contribution in [1.29, 1.82) is 0 Å². The minimum atomic E-state index is 0.0978. The summed E-state index contributed by atoms with van der Waals surface area (Å²) >= 11 is 0. The molecule has 136 valence electrons. The second-order valence-electron chi connectivity index (χ2n) is 7.04. The van der Waals surface area contributed by atoms with Crippen molar-refractivity contribution < 1.29 is 9.53 Å². The molecule has 3 heterocycles. The second-order valence-corrected chi connectivity index (χ2v) is 7.04. The highest BCUT2D eigenvalue weighted by atomic mass is 16.5. The van der Waals surface area contributed by atoms with E-state index in [1.165, 1.54) is 11.3 Å². The quantitative estimate of drug-likeness (QED) is 0.831. The SMILES string of the molecule is O=C(CN1CCc2ccccc21)N1CCC[C@H](OCc2ccccn2)C1. The molecular weight excluding hydrogens is 326 g/mol. The maximum atomic E-state index is 12.8. The average Bonchev–Trinajstić information content (AvgIpc) is 3.10. The Morgan fingerprint density at radius 3 is 2.92 bits per heavy atom. The highest BCUT2D eigenvalue weighted by molar-refractivity contribution is 5.82. The first kappa shape index (κ1) is 17.0. The van der Waals surface area contributed by atoms with Gasteiger partial charge in [-0.15, -0.1) is 0 Å². The van der Waals surface area contributed by atoms with E-state index in [-0.39, 0.29) is 12.0 Å². The molecule has 0 aliphatic carbocycles. The van der Waals surface area contributed by atoms with Crippen molar-refractivity contribution in [1.82, 2.24) is 9.88 Å². The fraction of sp³-hybridized carbons (Fsp3) is 0.429. The van der Waals surface area contributed by atoms with E-state index in [2.05, 4.69) is 28.1 Å². The fourth-order valence-corrected chi connectivity index (χ4v) is 3.82. The minimum absolute atomic E-state index is 0.0978. The van der Waals surface area contributed by atoms with Crippen molar-refractivity contribution in [2.24, 2.45) is 0 Å². The Morgan fingerprint density at radius 1 is 1.15 bits per heavy atom. The predicted octanol–water partition coefficient (Wildman–Crippen LogP) is 2.65. The number of aromatic nitrogens is 1. The fourth-order valence-electron chi connectivity index (χ4n) is 3.82. The van der Waals surface area contributed by atoms with E-state index < -0.39 is 0 Å². The summed E-state index contributed by atoms with van der Waals surface area (Å²) in [6, 6.07) is 14.2. The lowest BCUT2D eigenvalue weighted by Gasteiger charge is -2.34. The van der Waals surface area contributed by atoms with Crippen molar-refractivity contribution in [2.75, 3.05) is 31.1 Å². The van der Waals surface area contributed by atoms with Crippen molar-refractivity contribution in [3.8, 4) is 0 Å². The molecule has 1 aromatic heterocycles.